The third kappa shape index (κ3) is 2.09. The van der Waals surface area contributed by atoms with E-state index in [1.807, 2.05) is 0 Å². The molecule has 0 radical (unpaired) electrons. The summed E-state index contributed by atoms with van der Waals surface area (Å²) in [6.07, 6.45) is -3.39. The molecule has 5 nitrogen and oxygen atoms in total. The minimum atomic E-state index is -4.34. The average Bonchev–Trinajstić information content (AvgIpc) is 2.97. The van der Waals surface area contributed by atoms with Gasteiger partial charge in [0, 0.05) is 5.56 Å². The second-order valence-electron chi connectivity index (χ2n) is 4.32. The molecule has 2 rings (SSSR count). The van der Waals surface area contributed by atoms with E-state index in [4.69, 9.17) is 0 Å². The molecule has 8 heteroatoms. The Labute approximate surface area is 100 Å². The highest BCUT2D eigenvalue weighted by Crippen LogP contribution is 2.51. The number of alkyl halides is 3. The van der Waals surface area contributed by atoms with E-state index in [1.54, 1.807) is 0 Å². The van der Waals surface area contributed by atoms with Crippen LogP contribution in [0.4, 0.5) is 24.7 Å². The molecule has 1 heterocycles. The minimum absolute atomic E-state index is 0.00574. The Bertz CT molecular complexity index is 498. The number of pyridine rings is 1. The third-order valence-corrected chi connectivity index (χ3v) is 2.94. The number of rotatable bonds is 3. The van der Waals surface area contributed by atoms with E-state index < -0.39 is 16.6 Å². The maximum atomic E-state index is 12.7. The molecule has 0 aliphatic heterocycles. The molecule has 0 aromatic carbocycles. The Hall–Kier alpha value is -1.86. The van der Waals surface area contributed by atoms with Crippen molar-refractivity contribution in [3.05, 3.63) is 27.9 Å². The van der Waals surface area contributed by atoms with Gasteiger partial charge in [-0.25, -0.2) is 4.98 Å². The van der Waals surface area contributed by atoms with Gasteiger partial charge in [0.15, 0.2) is 0 Å². The van der Waals surface area contributed by atoms with E-state index in [0.717, 1.165) is 6.20 Å². The van der Waals surface area contributed by atoms with Crippen LogP contribution in [0.1, 0.15) is 18.4 Å². The van der Waals surface area contributed by atoms with Crippen LogP contribution >= 0.6 is 0 Å². The molecule has 0 bridgehead atoms. The van der Waals surface area contributed by atoms with Crippen molar-refractivity contribution in [2.24, 2.45) is 0 Å². The number of hydrogen-bond acceptors (Lipinski definition) is 4. The maximum absolute atomic E-state index is 12.7. The van der Waals surface area contributed by atoms with Gasteiger partial charge in [0.2, 0.25) is 0 Å². The quantitative estimate of drug-likeness (QED) is 0.671. The van der Waals surface area contributed by atoms with Gasteiger partial charge in [0.1, 0.15) is 17.6 Å². The highest BCUT2D eigenvalue weighted by molar-refractivity contribution is 5.49. The van der Waals surface area contributed by atoms with Crippen molar-refractivity contribution in [2.75, 3.05) is 5.32 Å². The molecule has 1 aromatic heterocycles. The molecule has 1 aromatic rings. The second-order valence-corrected chi connectivity index (χ2v) is 4.32. The van der Waals surface area contributed by atoms with Gasteiger partial charge in [-0.2, -0.15) is 13.2 Å². The normalized spacial score (nSPS) is 17.3. The summed E-state index contributed by atoms with van der Waals surface area (Å²) in [5.41, 5.74) is -1.85. The molecule has 1 aliphatic carbocycles. The van der Waals surface area contributed by atoms with Crippen LogP contribution in [0.2, 0.25) is 0 Å². The van der Waals surface area contributed by atoms with Crippen molar-refractivity contribution in [3.63, 3.8) is 0 Å². The molecular weight excluding hydrogens is 251 g/mol. The predicted molar refractivity (Wildman–Crippen MR) is 57.3 cm³/mol. The van der Waals surface area contributed by atoms with Gasteiger partial charge in [0.05, 0.1) is 4.92 Å². The Morgan fingerprint density at radius 2 is 2.11 bits per heavy atom. The molecule has 18 heavy (non-hydrogen) atoms. The number of aromatic nitrogens is 1. The van der Waals surface area contributed by atoms with Gasteiger partial charge in [0.25, 0.3) is 5.69 Å². The molecule has 0 amide bonds. The average molecular weight is 261 g/mol. The third-order valence-electron chi connectivity index (χ3n) is 2.94. The first-order valence-corrected chi connectivity index (χ1v) is 5.21. The van der Waals surface area contributed by atoms with Gasteiger partial charge in [-0.05, 0) is 25.8 Å². The number of nitrogens with one attached hydrogen (secondary N) is 1. The number of hydrogen-bond donors (Lipinski definition) is 1. The summed E-state index contributed by atoms with van der Waals surface area (Å²) < 4.78 is 38.1. The number of anilines is 1. The lowest BCUT2D eigenvalue weighted by Gasteiger charge is -2.21. The molecule has 1 fully saturated rings. The van der Waals surface area contributed by atoms with Crippen molar-refractivity contribution >= 4 is 11.5 Å². The summed E-state index contributed by atoms with van der Waals surface area (Å²) >= 11 is 0. The zero-order chi connectivity index (χ0) is 13.6. The van der Waals surface area contributed by atoms with Crippen LogP contribution in [-0.4, -0.2) is 21.6 Å². The number of nitro groups is 1. The molecule has 1 aliphatic rings. The molecule has 1 N–H and O–H groups in total. The summed E-state index contributed by atoms with van der Waals surface area (Å²) in [6, 6.07) is 1.25. The summed E-state index contributed by atoms with van der Waals surface area (Å²) in [6.45, 7) is 1.46. The summed E-state index contributed by atoms with van der Waals surface area (Å²) in [5.74, 6) is 0.00734. The van der Waals surface area contributed by atoms with Crippen LogP contribution in [-0.2, 0) is 0 Å². The first kappa shape index (κ1) is 12.6. The van der Waals surface area contributed by atoms with Crippen LogP contribution in [0, 0.1) is 17.0 Å². The van der Waals surface area contributed by atoms with Crippen LogP contribution in [0.15, 0.2) is 12.3 Å². The second kappa shape index (κ2) is 3.82. The molecule has 1 saturated carbocycles. The smallest absolute Gasteiger partial charge is 0.356 e. The van der Waals surface area contributed by atoms with Crippen molar-refractivity contribution < 1.29 is 18.1 Å². The lowest BCUT2D eigenvalue weighted by atomic mass is 10.2. The molecule has 0 spiro atoms. The molecule has 98 valence electrons. The van der Waals surface area contributed by atoms with Crippen molar-refractivity contribution in [1.82, 2.24) is 4.98 Å². The molecule has 0 unspecified atom stereocenters. The van der Waals surface area contributed by atoms with Gasteiger partial charge in [-0.1, -0.05) is 0 Å². The van der Waals surface area contributed by atoms with E-state index in [2.05, 4.69) is 10.3 Å². The topological polar surface area (TPSA) is 68.1 Å². The Kier molecular flexibility index (Phi) is 2.67. The van der Waals surface area contributed by atoms with Crippen LogP contribution in [0.3, 0.4) is 0 Å². The lowest BCUT2D eigenvalue weighted by Crippen LogP contribution is -2.38. The van der Waals surface area contributed by atoms with Gasteiger partial charge < -0.3 is 5.32 Å². The van der Waals surface area contributed by atoms with Crippen molar-refractivity contribution in [2.45, 2.75) is 31.5 Å². The largest absolute Gasteiger partial charge is 0.411 e. The van der Waals surface area contributed by atoms with Crippen LogP contribution in [0.5, 0.6) is 0 Å². The molecule has 0 saturated heterocycles. The Morgan fingerprint density at radius 1 is 1.50 bits per heavy atom. The Balaban J connectivity index is 2.22. The zero-order valence-corrected chi connectivity index (χ0v) is 9.41. The summed E-state index contributed by atoms with van der Waals surface area (Å²) in [5, 5.41) is 12.9. The van der Waals surface area contributed by atoms with Gasteiger partial charge in [-0.3, -0.25) is 10.1 Å². The SMILES string of the molecule is Cc1cc(NC2(C(F)(F)F)CC2)ncc1[N+](=O)[O-]. The van der Waals surface area contributed by atoms with E-state index in [0.29, 0.717) is 0 Å². The fourth-order valence-corrected chi connectivity index (χ4v) is 1.66. The predicted octanol–water partition coefficient (Wildman–Crippen LogP) is 2.81. The highest BCUT2D eigenvalue weighted by Gasteiger charge is 2.63. The fraction of sp³-hybridized carbons (Fsp3) is 0.500. The van der Waals surface area contributed by atoms with Gasteiger partial charge >= 0.3 is 6.18 Å². The van der Waals surface area contributed by atoms with E-state index in [1.165, 1.54) is 13.0 Å². The van der Waals surface area contributed by atoms with Crippen molar-refractivity contribution in [1.29, 1.82) is 0 Å². The standard InChI is InChI=1S/C10H10F3N3O2/c1-6-4-8(14-5-7(6)16(17)18)15-9(2-3-9)10(11,12)13/h4-5H,2-3H2,1H3,(H,14,15). The number of nitrogens with zero attached hydrogens (tertiary/aromatic N) is 2. The van der Waals surface area contributed by atoms with Gasteiger partial charge in [-0.15, -0.1) is 0 Å². The van der Waals surface area contributed by atoms with Crippen molar-refractivity contribution in [3.8, 4) is 0 Å². The molecular formula is C10H10F3N3O2. The number of halogens is 3. The highest BCUT2D eigenvalue weighted by atomic mass is 19.4. The fourth-order valence-electron chi connectivity index (χ4n) is 1.66. The number of aryl methyl sites for hydroxylation is 1. The Morgan fingerprint density at radius 3 is 2.50 bits per heavy atom. The van der Waals surface area contributed by atoms with E-state index in [-0.39, 0.29) is 29.9 Å². The zero-order valence-electron chi connectivity index (χ0n) is 9.41. The summed E-state index contributed by atoms with van der Waals surface area (Å²) in [4.78, 5) is 13.6. The summed E-state index contributed by atoms with van der Waals surface area (Å²) in [7, 11) is 0. The monoisotopic (exact) mass is 261 g/mol. The first-order chi connectivity index (χ1) is 8.25. The van der Waals surface area contributed by atoms with Crippen LogP contribution < -0.4 is 5.32 Å². The maximum Gasteiger partial charge on any atom is 0.411 e. The van der Waals surface area contributed by atoms with E-state index >= 15 is 0 Å². The minimum Gasteiger partial charge on any atom is -0.356 e. The molecule has 0 atom stereocenters. The first-order valence-electron chi connectivity index (χ1n) is 5.21. The lowest BCUT2D eigenvalue weighted by molar-refractivity contribution is -0.385. The van der Waals surface area contributed by atoms with E-state index in [9.17, 15) is 23.3 Å². The van der Waals surface area contributed by atoms with Crippen LogP contribution in [0.25, 0.3) is 0 Å².